The summed E-state index contributed by atoms with van der Waals surface area (Å²) in [4.78, 5) is 20.7. The second-order valence-electron chi connectivity index (χ2n) is 7.68. The monoisotopic (exact) mass is 434 g/mol. The Kier molecular flexibility index (Phi) is 5.83. The van der Waals surface area contributed by atoms with Gasteiger partial charge in [0.2, 0.25) is 0 Å². The first-order valence-electron chi connectivity index (χ1n) is 10.1. The van der Waals surface area contributed by atoms with Gasteiger partial charge in [0, 0.05) is 36.0 Å². The van der Waals surface area contributed by atoms with E-state index in [9.17, 15) is 9.18 Å². The largest absolute Gasteiger partial charge is 0.382 e. The zero-order valence-corrected chi connectivity index (χ0v) is 18.0. The van der Waals surface area contributed by atoms with Crippen LogP contribution in [0.3, 0.4) is 0 Å². The predicted molar refractivity (Wildman–Crippen MR) is 120 cm³/mol. The van der Waals surface area contributed by atoms with Gasteiger partial charge in [-0.05, 0) is 32.5 Å². The van der Waals surface area contributed by atoms with E-state index in [1.54, 1.807) is 26.1 Å². The van der Waals surface area contributed by atoms with Crippen LogP contribution in [0.5, 0.6) is 0 Å². The Morgan fingerprint density at radius 2 is 1.91 bits per heavy atom. The van der Waals surface area contributed by atoms with Gasteiger partial charge in [0.05, 0.1) is 11.9 Å². The van der Waals surface area contributed by atoms with Crippen molar-refractivity contribution in [3.05, 3.63) is 70.5 Å². The molecule has 0 amide bonds. The molecule has 3 heterocycles. The molecule has 0 atom stereocenters. The fraction of sp³-hybridized carbons (Fsp3) is 0.217. The van der Waals surface area contributed by atoms with Gasteiger partial charge in [-0.25, -0.2) is 14.4 Å². The highest BCUT2D eigenvalue weighted by Gasteiger charge is 2.17. The molecule has 8 nitrogen and oxygen atoms in total. The standard InChI is InChI=1S/C23H23FN6O2/c1-13(2)30-12-16(8-17(24)23(30)31)19-11-27-22(25)21(28-19)20-9-18(29-32-20)15-6-4-14(5-7-15)10-26-3/h4-9,11-13,26H,10H2,1-3H3,(H2,25,27). The second kappa shape index (κ2) is 8.72. The molecule has 0 fully saturated rings. The van der Waals surface area contributed by atoms with Gasteiger partial charge in [0.1, 0.15) is 5.69 Å². The van der Waals surface area contributed by atoms with Crippen molar-refractivity contribution in [1.29, 1.82) is 0 Å². The lowest BCUT2D eigenvalue weighted by Gasteiger charge is -2.12. The highest BCUT2D eigenvalue weighted by Crippen LogP contribution is 2.29. The number of nitrogens with two attached hydrogens (primary N) is 1. The van der Waals surface area contributed by atoms with Crippen molar-refractivity contribution in [3.63, 3.8) is 0 Å². The number of benzene rings is 1. The minimum atomic E-state index is -0.861. The van der Waals surface area contributed by atoms with Gasteiger partial charge in [-0.1, -0.05) is 29.4 Å². The summed E-state index contributed by atoms with van der Waals surface area (Å²) in [5, 5.41) is 7.23. The number of pyridine rings is 1. The van der Waals surface area contributed by atoms with Crippen LogP contribution in [0.25, 0.3) is 34.0 Å². The zero-order chi connectivity index (χ0) is 22.8. The van der Waals surface area contributed by atoms with Crippen LogP contribution in [0.1, 0.15) is 25.5 Å². The molecule has 0 aliphatic carbocycles. The molecule has 3 aromatic heterocycles. The first kappa shape index (κ1) is 21.4. The summed E-state index contributed by atoms with van der Waals surface area (Å²) in [6, 6.07) is 10.6. The average Bonchev–Trinajstić information content (AvgIpc) is 3.26. The second-order valence-corrected chi connectivity index (χ2v) is 7.68. The minimum absolute atomic E-state index is 0.151. The number of aromatic nitrogens is 4. The van der Waals surface area contributed by atoms with Crippen molar-refractivity contribution < 1.29 is 8.91 Å². The minimum Gasteiger partial charge on any atom is -0.382 e. The maximum atomic E-state index is 14.2. The molecule has 3 N–H and O–H groups in total. The Balaban J connectivity index is 1.71. The van der Waals surface area contributed by atoms with Crippen LogP contribution < -0.4 is 16.6 Å². The van der Waals surface area contributed by atoms with Crippen molar-refractivity contribution in [2.24, 2.45) is 0 Å². The third-order valence-corrected chi connectivity index (χ3v) is 5.03. The lowest BCUT2D eigenvalue weighted by atomic mass is 10.1. The highest BCUT2D eigenvalue weighted by atomic mass is 19.1. The van der Waals surface area contributed by atoms with Crippen LogP contribution in [-0.4, -0.2) is 26.7 Å². The number of nitrogens with zero attached hydrogens (tertiary/aromatic N) is 4. The highest BCUT2D eigenvalue weighted by molar-refractivity contribution is 5.72. The summed E-state index contributed by atoms with van der Waals surface area (Å²) in [6.45, 7) is 4.37. The third-order valence-electron chi connectivity index (χ3n) is 5.03. The molecule has 0 aliphatic rings. The van der Waals surface area contributed by atoms with Crippen LogP contribution in [-0.2, 0) is 6.54 Å². The molecular weight excluding hydrogens is 411 g/mol. The first-order valence-corrected chi connectivity index (χ1v) is 10.1. The van der Waals surface area contributed by atoms with Crippen molar-refractivity contribution in [3.8, 4) is 34.0 Å². The summed E-state index contributed by atoms with van der Waals surface area (Å²) < 4.78 is 21.0. The predicted octanol–water partition coefficient (Wildman–Crippen LogP) is 3.65. The van der Waals surface area contributed by atoms with Crippen LogP contribution >= 0.6 is 0 Å². The Morgan fingerprint density at radius 1 is 1.16 bits per heavy atom. The quantitative estimate of drug-likeness (QED) is 0.476. The number of anilines is 1. The topological polar surface area (TPSA) is 112 Å². The summed E-state index contributed by atoms with van der Waals surface area (Å²) >= 11 is 0. The van der Waals surface area contributed by atoms with Crippen LogP contribution in [0, 0.1) is 5.82 Å². The summed E-state index contributed by atoms with van der Waals surface area (Å²) in [6.07, 6.45) is 2.99. The number of rotatable bonds is 6. The van der Waals surface area contributed by atoms with Gasteiger partial charge in [0.25, 0.3) is 5.56 Å². The normalized spacial score (nSPS) is 11.3. The summed E-state index contributed by atoms with van der Waals surface area (Å²) in [5.41, 5.74) is 9.06. The van der Waals surface area contributed by atoms with E-state index in [1.165, 1.54) is 10.8 Å². The molecule has 32 heavy (non-hydrogen) atoms. The van der Waals surface area contributed by atoms with Gasteiger partial charge >= 0.3 is 0 Å². The maximum absolute atomic E-state index is 14.2. The van der Waals surface area contributed by atoms with E-state index in [0.29, 0.717) is 22.7 Å². The zero-order valence-electron chi connectivity index (χ0n) is 18.0. The Morgan fingerprint density at radius 3 is 2.59 bits per heavy atom. The SMILES string of the molecule is CNCc1ccc(-c2cc(-c3nc(-c4cc(F)c(=O)n(C(C)C)c4)cnc3N)on2)cc1. The molecule has 0 radical (unpaired) electrons. The van der Waals surface area contributed by atoms with E-state index in [2.05, 4.69) is 20.4 Å². The van der Waals surface area contributed by atoms with E-state index in [4.69, 9.17) is 10.3 Å². The van der Waals surface area contributed by atoms with Gasteiger partial charge < -0.3 is 20.1 Å². The van der Waals surface area contributed by atoms with Gasteiger partial charge in [-0.15, -0.1) is 0 Å². The first-order chi connectivity index (χ1) is 15.4. The van der Waals surface area contributed by atoms with Crippen molar-refractivity contribution in [2.75, 3.05) is 12.8 Å². The Labute approximate surface area is 183 Å². The lowest BCUT2D eigenvalue weighted by Crippen LogP contribution is -2.24. The van der Waals surface area contributed by atoms with E-state index < -0.39 is 11.4 Å². The smallest absolute Gasteiger partial charge is 0.286 e. The number of hydrogen-bond donors (Lipinski definition) is 2. The Bertz CT molecular complexity index is 1310. The van der Waals surface area contributed by atoms with Gasteiger partial charge in [-0.2, -0.15) is 0 Å². The summed E-state index contributed by atoms with van der Waals surface area (Å²) in [5.74, 6) is -0.373. The van der Waals surface area contributed by atoms with E-state index in [0.717, 1.165) is 23.7 Å². The molecule has 164 valence electrons. The molecule has 0 saturated heterocycles. The molecule has 4 rings (SSSR count). The van der Waals surface area contributed by atoms with Crippen molar-refractivity contribution in [2.45, 2.75) is 26.4 Å². The van der Waals surface area contributed by atoms with E-state index >= 15 is 0 Å². The molecule has 0 saturated carbocycles. The molecule has 0 aliphatic heterocycles. The molecule has 1 aromatic carbocycles. The van der Waals surface area contributed by atoms with Crippen molar-refractivity contribution >= 4 is 5.82 Å². The number of halogens is 1. The molecule has 0 unspecified atom stereocenters. The molecule has 4 aromatic rings. The third kappa shape index (κ3) is 4.15. The van der Waals surface area contributed by atoms with Gasteiger partial charge in [-0.3, -0.25) is 4.79 Å². The number of hydrogen-bond acceptors (Lipinski definition) is 7. The Hall–Kier alpha value is -3.85. The van der Waals surface area contributed by atoms with Crippen LogP contribution in [0.15, 0.2) is 58.1 Å². The molecule has 0 spiro atoms. The number of nitrogens with one attached hydrogen (secondary N) is 1. The van der Waals surface area contributed by atoms with Gasteiger partial charge in [0.15, 0.2) is 23.1 Å². The maximum Gasteiger partial charge on any atom is 0.286 e. The molecule has 0 bridgehead atoms. The van der Waals surface area contributed by atoms with Crippen LogP contribution in [0.4, 0.5) is 10.2 Å². The number of nitrogen functional groups attached to an aromatic ring is 1. The molecule has 9 heteroatoms. The lowest BCUT2D eigenvalue weighted by molar-refractivity contribution is 0.434. The molecular formula is C23H23FN6O2. The van der Waals surface area contributed by atoms with Crippen molar-refractivity contribution in [1.82, 2.24) is 25.0 Å². The van der Waals surface area contributed by atoms with E-state index in [-0.39, 0.29) is 17.6 Å². The fourth-order valence-corrected chi connectivity index (χ4v) is 3.33. The average molecular weight is 434 g/mol. The van der Waals surface area contributed by atoms with E-state index in [1.807, 2.05) is 31.3 Å². The fourth-order valence-electron chi connectivity index (χ4n) is 3.33. The van der Waals surface area contributed by atoms with Crippen LogP contribution in [0.2, 0.25) is 0 Å². The summed E-state index contributed by atoms with van der Waals surface area (Å²) in [7, 11) is 1.89.